The fourth-order valence-corrected chi connectivity index (χ4v) is 3.55. The standard InChI is InChI=1S/C10H17BrO2.C7H14O.C2H2Br2O/c1-2-10(5-3-4-6-10)8-13-9(12)7-11;1-2-7(8)5-3-4-6-7;3-1-2(4)5/h2-8H2,1H3;8H,2-6H2,1H3;1H2. The fraction of sp³-hybridized carbons (Fsp3) is 0.895. The Labute approximate surface area is 183 Å². The number of rotatable bonds is 6. The van der Waals surface area contributed by atoms with E-state index in [-0.39, 0.29) is 16.3 Å². The van der Waals surface area contributed by atoms with Crippen LogP contribution in [-0.4, -0.2) is 38.6 Å². The lowest BCUT2D eigenvalue weighted by Gasteiger charge is -2.26. The van der Waals surface area contributed by atoms with Gasteiger partial charge in [-0.1, -0.05) is 71.4 Å². The number of ether oxygens (including phenoxy) is 1. The maximum atomic E-state index is 11.0. The first-order valence-electron chi connectivity index (χ1n) is 9.44. The molecule has 2 aliphatic carbocycles. The van der Waals surface area contributed by atoms with Gasteiger partial charge in [-0.2, -0.15) is 0 Å². The zero-order valence-electron chi connectivity index (χ0n) is 16.0. The first-order chi connectivity index (χ1) is 12.3. The molecule has 0 saturated heterocycles. The van der Waals surface area contributed by atoms with Crippen LogP contribution < -0.4 is 0 Å². The van der Waals surface area contributed by atoms with Crippen molar-refractivity contribution in [2.75, 3.05) is 17.3 Å². The molecule has 0 aromatic carbocycles. The number of carbonyl (C=O) groups excluding carboxylic acids is 2. The highest BCUT2D eigenvalue weighted by molar-refractivity contribution is 9.19. The van der Waals surface area contributed by atoms with Crippen LogP contribution in [0.1, 0.15) is 78.1 Å². The van der Waals surface area contributed by atoms with Crippen LogP contribution in [0.2, 0.25) is 0 Å². The van der Waals surface area contributed by atoms with Crippen LogP contribution in [-0.2, 0) is 14.3 Å². The van der Waals surface area contributed by atoms with E-state index in [1.165, 1.54) is 38.5 Å². The van der Waals surface area contributed by atoms with Gasteiger partial charge in [0.1, 0.15) is 5.33 Å². The van der Waals surface area contributed by atoms with E-state index in [0.717, 1.165) is 25.7 Å². The predicted octanol–water partition coefficient (Wildman–Crippen LogP) is 5.90. The summed E-state index contributed by atoms with van der Waals surface area (Å²) in [5.41, 5.74) is 0.0395. The number of esters is 1. The summed E-state index contributed by atoms with van der Waals surface area (Å²) in [5, 5.41) is 10.2. The van der Waals surface area contributed by atoms with Crippen molar-refractivity contribution in [1.29, 1.82) is 0 Å². The number of hydrogen-bond acceptors (Lipinski definition) is 4. The number of aliphatic hydroxyl groups is 1. The van der Waals surface area contributed by atoms with E-state index in [9.17, 15) is 14.7 Å². The minimum atomic E-state index is -0.264. The van der Waals surface area contributed by atoms with Gasteiger partial charge < -0.3 is 9.84 Å². The second-order valence-electron chi connectivity index (χ2n) is 7.13. The summed E-state index contributed by atoms with van der Waals surface area (Å²) in [4.78, 5) is 20.6. The molecule has 7 heteroatoms. The quantitative estimate of drug-likeness (QED) is 0.248. The second kappa shape index (κ2) is 14.5. The van der Waals surface area contributed by atoms with Crippen LogP contribution in [0, 0.1) is 5.41 Å². The lowest BCUT2D eigenvalue weighted by Crippen LogP contribution is -2.24. The molecule has 2 saturated carbocycles. The van der Waals surface area contributed by atoms with Crippen molar-refractivity contribution in [3.05, 3.63) is 0 Å². The Morgan fingerprint density at radius 3 is 1.69 bits per heavy atom. The molecule has 2 rings (SSSR count). The van der Waals surface area contributed by atoms with Crippen molar-refractivity contribution < 1.29 is 19.4 Å². The smallest absolute Gasteiger partial charge is 0.316 e. The molecule has 4 nitrogen and oxygen atoms in total. The SMILES string of the molecule is CCC1(COC(=O)CBr)CCCC1.CCC1(O)CCCC1.O=C(Br)CBr. The van der Waals surface area contributed by atoms with Crippen LogP contribution in [0.15, 0.2) is 0 Å². The molecule has 0 spiro atoms. The van der Waals surface area contributed by atoms with E-state index in [0.29, 0.717) is 22.7 Å². The van der Waals surface area contributed by atoms with Gasteiger partial charge in [-0.3, -0.25) is 9.59 Å². The van der Waals surface area contributed by atoms with Crippen molar-refractivity contribution in [2.24, 2.45) is 5.41 Å². The third-order valence-corrected chi connectivity index (χ3v) is 7.36. The Balaban J connectivity index is 0.000000409. The summed E-state index contributed by atoms with van der Waals surface area (Å²) in [5.74, 6) is -0.139. The third kappa shape index (κ3) is 11.4. The van der Waals surface area contributed by atoms with E-state index in [4.69, 9.17) is 4.74 Å². The summed E-state index contributed by atoms with van der Waals surface area (Å²) < 4.78 is 5.17. The Morgan fingerprint density at radius 1 is 0.923 bits per heavy atom. The third-order valence-electron chi connectivity index (χ3n) is 5.36. The molecule has 0 radical (unpaired) electrons. The molecule has 0 atom stereocenters. The summed E-state index contributed by atoms with van der Waals surface area (Å²) in [6.07, 6.45) is 11.6. The lowest BCUT2D eigenvalue weighted by atomic mass is 9.84. The highest BCUT2D eigenvalue weighted by atomic mass is 79.9. The fourth-order valence-electron chi connectivity index (χ4n) is 3.38. The normalized spacial score (nSPS) is 19.6. The van der Waals surface area contributed by atoms with Crippen LogP contribution in [0.25, 0.3) is 0 Å². The minimum absolute atomic E-state index is 0.0162. The maximum Gasteiger partial charge on any atom is 0.316 e. The summed E-state index contributed by atoms with van der Waals surface area (Å²) in [7, 11) is 0. The van der Waals surface area contributed by atoms with Crippen LogP contribution in [0.4, 0.5) is 0 Å². The van der Waals surface area contributed by atoms with Gasteiger partial charge in [0, 0.05) is 5.41 Å². The van der Waals surface area contributed by atoms with Gasteiger partial charge in [0.05, 0.1) is 17.5 Å². The monoisotopic (exact) mass is 562 g/mol. The molecule has 1 N–H and O–H groups in total. The molecule has 0 aromatic heterocycles. The molecule has 0 bridgehead atoms. The van der Waals surface area contributed by atoms with Gasteiger partial charge in [-0.05, 0) is 54.5 Å². The molecule has 2 aliphatic rings. The highest BCUT2D eigenvalue weighted by Crippen LogP contribution is 2.41. The summed E-state index contributed by atoms with van der Waals surface area (Å²) in [6.45, 7) is 4.87. The molecule has 154 valence electrons. The van der Waals surface area contributed by atoms with E-state index >= 15 is 0 Å². The number of halogens is 3. The van der Waals surface area contributed by atoms with Crippen LogP contribution in [0.3, 0.4) is 0 Å². The summed E-state index contributed by atoms with van der Waals surface area (Å²) in [6, 6.07) is 0. The zero-order valence-corrected chi connectivity index (χ0v) is 20.8. The Morgan fingerprint density at radius 2 is 1.38 bits per heavy atom. The lowest BCUT2D eigenvalue weighted by molar-refractivity contribution is -0.144. The molecule has 2 fully saturated rings. The highest BCUT2D eigenvalue weighted by Gasteiger charge is 2.33. The van der Waals surface area contributed by atoms with Crippen LogP contribution >= 0.6 is 47.8 Å². The largest absolute Gasteiger partial charge is 0.464 e. The van der Waals surface area contributed by atoms with Gasteiger partial charge in [0.25, 0.3) is 0 Å². The molecule has 26 heavy (non-hydrogen) atoms. The summed E-state index contributed by atoms with van der Waals surface area (Å²) >= 11 is 8.69. The Hall–Kier alpha value is 0.540. The van der Waals surface area contributed by atoms with Gasteiger partial charge in [-0.25, -0.2) is 0 Å². The Bertz CT molecular complexity index is 404. The second-order valence-corrected chi connectivity index (χ2v) is 9.13. The molecule has 0 unspecified atom stereocenters. The first kappa shape index (κ1) is 26.5. The van der Waals surface area contributed by atoms with E-state index in [1.807, 2.05) is 0 Å². The van der Waals surface area contributed by atoms with Gasteiger partial charge in [0.2, 0.25) is 4.69 Å². The molecule has 0 aliphatic heterocycles. The van der Waals surface area contributed by atoms with E-state index in [1.54, 1.807) is 0 Å². The van der Waals surface area contributed by atoms with Gasteiger partial charge in [-0.15, -0.1) is 0 Å². The van der Waals surface area contributed by atoms with Gasteiger partial charge in [0.15, 0.2) is 0 Å². The number of hydrogen-bond donors (Lipinski definition) is 1. The average Bonchev–Trinajstić information content (AvgIpc) is 3.31. The van der Waals surface area contributed by atoms with Crippen molar-refractivity contribution in [3.8, 4) is 0 Å². The van der Waals surface area contributed by atoms with Crippen LogP contribution in [0.5, 0.6) is 0 Å². The van der Waals surface area contributed by atoms with E-state index < -0.39 is 0 Å². The maximum absolute atomic E-state index is 11.0. The average molecular weight is 565 g/mol. The molecular formula is C19H33Br3O4. The first-order valence-corrected chi connectivity index (χ1v) is 12.5. The van der Waals surface area contributed by atoms with Crippen molar-refractivity contribution in [2.45, 2.75) is 83.7 Å². The Kier molecular flexibility index (Phi) is 14.8. The van der Waals surface area contributed by atoms with Crippen molar-refractivity contribution in [3.63, 3.8) is 0 Å². The predicted molar refractivity (Wildman–Crippen MR) is 117 cm³/mol. The van der Waals surface area contributed by atoms with Crippen molar-refractivity contribution >= 4 is 58.5 Å². The minimum Gasteiger partial charge on any atom is -0.464 e. The molecule has 0 amide bonds. The van der Waals surface area contributed by atoms with Crippen molar-refractivity contribution in [1.82, 2.24) is 0 Å². The topological polar surface area (TPSA) is 63.6 Å². The zero-order chi connectivity index (χ0) is 20.1. The number of alkyl halides is 2. The molecule has 0 aromatic rings. The van der Waals surface area contributed by atoms with E-state index in [2.05, 4.69) is 61.6 Å². The number of carbonyl (C=O) groups is 2. The molecular weight excluding hydrogens is 532 g/mol. The van der Waals surface area contributed by atoms with Gasteiger partial charge >= 0.3 is 5.97 Å². The molecule has 0 heterocycles.